The summed E-state index contributed by atoms with van der Waals surface area (Å²) in [4.78, 5) is 38.2. The number of carbonyl (C=O) groups is 3. The van der Waals surface area contributed by atoms with Gasteiger partial charge in [0.2, 0.25) is 12.2 Å². The molecule has 1 saturated heterocycles. The second-order valence-corrected chi connectivity index (χ2v) is 7.82. The lowest BCUT2D eigenvalue weighted by Crippen LogP contribution is -2.60. The number of hydrogen-bond donors (Lipinski definition) is 0. The minimum absolute atomic E-state index is 0.260. The minimum atomic E-state index is -1.97. The van der Waals surface area contributed by atoms with Gasteiger partial charge in [-0.25, -0.2) is 4.99 Å². The Morgan fingerprint density at radius 1 is 1.04 bits per heavy atom. The monoisotopic (exact) mass is 431 g/mol. The Morgan fingerprint density at radius 3 is 2.12 bits per heavy atom. The largest absolute Gasteiger partial charge is 0.463 e. The van der Waals surface area contributed by atoms with Crippen molar-refractivity contribution in [3.05, 3.63) is 0 Å². The van der Waals surface area contributed by atoms with Crippen molar-refractivity contribution in [2.75, 3.05) is 6.61 Å². The first kappa shape index (κ1) is 21.0. The number of rotatable bonds is 4. The van der Waals surface area contributed by atoms with Crippen molar-refractivity contribution in [2.24, 2.45) is 4.99 Å². The molecule has 0 saturated carbocycles. The second kappa shape index (κ2) is 8.16. The first-order valence-electron chi connectivity index (χ1n) is 7.44. The molecule has 5 atom stereocenters. The van der Waals surface area contributed by atoms with Crippen molar-refractivity contribution in [1.82, 2.24) is 0 Å². The highest BCUT2D eigenvalue weighted by atomic mass is 35.6. The zero-order chi connectivity index (χ0) is 19.6. The predicted octanol–water partition coefficient (Wildman–Crippen LogP) is 1.31. The molecule has 0 aliphatic carbocycles. The highest BCUT2D eigenvalue weighted by Gasteiger charge is 2.56. The van der Waals surface area contributed by atoms with Crippen molar-refractivity contribution < 1.29 is 38.1 Å². The number of esters is 3. The summed E-state index contributed by atoms with van der Waals surface area (Å²) in [5, 5.41) is 0. The van der Waals surface area contributed by atoms with Gasteiger partial charge in [-0.1, -0.05) is 34.8 Å². The first-order chi connectivity index (χ1) is 12.0. The van der Waals surface area contributed by atoms with E-state index in [1.165, 1.54) is 20.8 Å². The van der Waals surface area contributed by atoms with E-state index in [2.05, 4.69) is 4.99 Å². The van der Waals surface area contributed by atoms with Crippen LogP contribution in [0.2, 0.25) is 0 Å². The maximum absolute atomic E-state index is 11.5. The van der Waals surface area contributed by atoms with Gasteiger partial charge in [0, 0.05) is 20.8 Å². The summed E-state index contributed by atoms with van der Waals surface area (Å²) < 4.78 is 24.5. The topological polar surface area (TPSA) is 110 Å². The molecule has 0 amide bonds. The molecule has 2 heterocycles. The third-order valence-corrected chi connectivity index (χ3v) is 3.89. The van der Waals surface area contributed by atoms with Crippen LogP contribution in [-0.4, -0.2) is 64.8 Å². The highest BCUT2D eigenvalue weighted by Crippen LogP contribution is 2.38. The summed E-state index contributed by atoms with van der Waals surface area (Å²) >= 11 is 17.3. The molecule has 146 valence electrons. The molecule has 2 aliphatic rings. The maximum atomic E-state index is 11.5. The van der Waals surface area contributed by atoms with E-state index in [-0.39, 0.29) is 12.5 Å². The Hall–Kier alpha value is -1.29. The summed E-state index contributed by atoms with van der Waals surface area (Å²) in [6.07, 6.45) is -4.28. The van der Waals surface area contributed by atoms with Gasteiger partial charge in [0.1, 0.15) is 12.7 Å². The van der Waals surface area contributed by atoms with Crippen LogP contribution in [0, 0.1) is 0 Å². The molecule has 2 aliphatic heterocycles. The maximum Gasteiger partial charge on any atom is 0.303 e. The average molecular weight is 433 g/mol. The number of hydrogen-bond acceptors (Lipinski definition) is 9. The van der Waals surface area contributed by atoms with Gasteiger partial charge in [-0.2, -0.15) is 0 Å². The number of nitrogens with zero attached hydrogens (tertiary/aromatic N) is 1. The Morgan fingerprint density at radius 2 is 1.62 bits per heavy atom. The standard InChI is InChI=1S/C14H16Cl3NO8/c1-5(19)22-4-8-10(23-6(2)20)11(24-7(3)21)9-12(25-8)26-13(18-9)14(15,16)17/h8-12H,4H2,1-3H3/t8-,9-,10-,11-,12-/m1/s1. The van der Waals surface area contributed by atoms with Crippen LogP contribution in [0.3, 0.4) is 0 Å². The van der Waals surface area contributed by atoms with Gasteiger partial charge >= 0.3 is 17.9 Å². The van der Waals surface area contributed by atoms with Gasteiger partial charge in [-0.15, -0.1) is 0 Å². The molecule has 0 spiro atoms. The van der Waals surface area contributed by atoms with Gasteiger partial charge in [0.15, 0.2) is 18.2 Å². The lowest BCUT2D eigenvalue weighted by Gasteiger charge is -2.40. The van der Waals surface area contributed by atoms with E-state index in [0.29, 0.717) is 0 Å². The molecule has 0 bridgehead atoms. The molecule has 9 nitrogen and oxygen atoms in total. The summed E-state index contributed by atoms with van der Waals surface area (Å²) in [5.41, 5.74) is 0. The van der Waals surface area contributed by atoms with Crippen molar-refractivity contribution in [2.45, 2.75) is 55.2 Å². The first-order valence-corrected chi connectivity index (χ1v) is 8.57. The van der Waals surface area contributed by atoms with E-state index in [1.54, 1.807) is 0 Å². The molecule has 0 radical (unpaired) electrons. The van der Waals surface area contributed by atoms with E-state index in [4.69, 9.17) is 58.5 Å². The van der Waals surface area contributed by atoms with Crippen molar-refractivity contribution >= 4 is 58.6 Å². The van der Waals surface area contributed by atoms with Crippen molar-refractivity contribution in [3.63, 3.8) is 0 Å². The molecular weight excluding hydrogens is 417 g/mol. The molecule has 12 heteroatoms. The highest BCUT2D eigenvalue weighted by molar-refractivity contribution is 6.76. The number of ether oxygens (including phenoxy) is 5. The third kappa shape index (κ3) is 5.12. The number of aliphatic imine (C=N–C) groups is 1. The zero-order valence-corrected chi connectivity index (χ0v) is 16.2. The lowest BCUT2D eigenvalue weighted by atomic mass is 9.97. The van der Waals surface area contributed by atoms with Crippen LogP contribution < -0.4 is 0 Å². The lowest BCUT2D eigenvalue weighted by molar-refractivity contribution is -0.249. The molecule has 1 fully saturated rings. The van der Waals surface area contributed by atoms with Crippen LogP contribution in [0.15, 0.2) is 4.99 Å². The summed E-state index contributed by atoms with van der Waals surface area (Å²) in [7, 11) is 0. The van der Waals surface area contributed by atoms with Crippen LogP contribution >= 0.6 is 34.8 Å². The second-order valence-electron chi connectivity index (χ2n) is 5.53. The van der Waals surface area contributed by atoms with Crippen molar-refractivity contribution in [1.29, 1.82) is 0 Å². The molecule has 0 aromatic rings. The average Bonchev–Trinajstić information content (AvgIpc) is 2.90. The summed E-state index contributed by atoms with van der Waals surface area (Å²) in [6, 6.07) is -0.942. The van der Waals surface area contributed by atoms with Crippen molar-refractivity contribution in [3.8, 4) is 0 Å². The fourth-order valence-corrected chi connectivity index (χ4v) is 2.82. The number of carbonyl (C=O) groups excluding carboxylic acids is 3. The third-order valence-electron chi connectivity index (χ3n) is 3.41. The van der Waals surface area contributed by atoms with Crippen LogP contribution in [-0.2, 0) is 38.1 Å². The van der Waals surface area contributed by atoms with E-state index < -0.39 is 52.3 Å². The smallest absolute Gasteiger partial charge is 0.303 e. The molecular formula is C14H16Cl3NO8. The molecule has 0 aromatic carbocycles. The molecule has 2 rings (SSSR count). The fraction of sp³-hybridized carbons (Fsp3) is 0.714. The Balaban J connectivity index is 2.34. The fourth-order valence-electron chi connectivity index (χ4n) is 2.54. The van der Waals surface area contributed by atoms with Gasteiger partial charge in [0.05, 0.1) is 0 Å². The summed E-state index contributed by atoms with van der Waals surface area (Å²) in [5.74, 6) is -2.15. The number of fused-ring (bicyclic) bond motifs is 1. The van der Waals surface area contributed by atoms with Gasteiger partial charge in [0.25, 0.3) is 3.79 Å². The van der Waals surface area contributed by atoms with Crippen LogP contribution in [0.5, 0.6) is 0 Å². The SMILES string of the molecule is CC(=O)OC[C@H]1O[C@@H]2OC(C(Cl)(Cl)Cl)=N[C@@H]2[C@@H](OC(C)=O)[C@@H]1OC(C)=O. The number of halogens is 3. The van der Waals surface area contributed by atoms with Gasteiger partial charge < -0.3 is 23.7 Å². The van der Waals surface area contributed by atoms with E-state index in [9.17, 15) is 14.4 Å². The Labute approximate surface area is 163 Å². The van der Waals surface area contributed by atoms with Gasteiger partial charge in [-0.3, -0.25) is 14.4 Å². The normalized spacial score (nSPS) is 30.5. The van der Waals surface area contributed by atoms with E-state index in [1.807, 2.05) is 0 Å². The zero-order valence-electron chi connectivity index (χ0n) is 13.9. The van der Waals surface area contributed by atoms with Crippen LogP contribution in [0.1, 0.15) is 20.8 Å². The number of alkyl halides is 3. The van der Waals surface area contributed by atoms with E-state index >= 15 is 0 Å². The quantitative estimate of drug-likeness (QED) is 0.371. The summed E-state index contributed by atoms with van der Waals surface area (Å²) in [6.45, 7) is 3.26. The Kier molecular flexibility index (Phi) is 6.60. The Bertz CT molecular complexity index is 620. The molecule has 0 aromatic heterocycles. The van der Waals surface area contributed by atoms with Crippen LogP contribution in [0.25, 0.3) is 0 Å². The predicted molar refractivity (Wildman–Crippen MR) is 89.0 cm³/mol. The molecule has 0 unspecified atom stereocenters. The molecule has 0 N–H and O–H groups in total. The molecule has 26 heavy (non-hydrogen) atoms. The minimum Gasteiger partial charge on any atom is -0.463 e. The van der Waals surface area contributed by atoms with Gasteiger partial charge in [-0.05, 0) is 0 Å². The van der Waals surface area contributed by atoms with E-state index in [0.717, 1.165) is 0 Å². The van der Waals surface area contributed by atoms with Crippen LogP contribution in [0.4, 0.5) is 0 Å².